The maximum Gasteiger partial charge on any atom is 0.191 e. The van der Waals surface area contributed by atoms with Gasteiger partial charge in [-0.1, -0.05) is 26.0 Å². The topological polar surface area (TPSA) is 64.1 Å². The van der Waals surface area contributed by atoms with Crippen molar-refractivity contribution in [1.82, 2.24) is 10.6 Å². The first-order valence-electron chi connectivity index (χ1n) is 11.0. The number of benzene rings is 1. The summed E-state index contributed by atoms with van der Waals surface area (Å²) in [5.74, 6) is 2.24. The maximum atomic E-state index is 6.19. The van der Waals surface area contributed by atoms with E-state index in [4.69, 9.17) is 19.2 Å². The van der Waals surface area contributed by atoms with Crippen LogP contribution in [0.2, 0.25) is 0 Å². The van der Waals surface area contributed by atoms with E-state index in [0.29, 0.717) is 19.1 Å². The number of aliphatic imine (C=N–C) groups is 1. The number of aryl methyl sites for hydroxylation is 1. The number of rotatable bonds is 11. The molecule has 1 saturated heterocycles. The predicted molar refractivity (Wildman–Crippen MR) is 119 cm³/mol. The van der Waals surface area contributed by atoms with Gasteiger partial charge >= 0.3 is 0 Å². The fourth-order valence-electron chi connectivity index (χ4n) is 3.35. The molecule has 1 fully saturated rings. The van der Waals surface area contributed by atoms with Gasteiger partial charge in [0.2, 0.25) is 0 Å². The molecule has 0 spiro atoms. The van der Waals surface area contributed by atoms with Gasteiger partial charge in [-0.25, -0.2) is 4.99 Å². The summed E-state index contributed by atoms with van der Waals surface area (Å²) in [6, 6.07) is 6.31. The second-order valence-corrected chi connectivity index (χ2v) is 7.86. The van der Waals surface area contributed by atoms with Crippen LogP contribution in [0.1, 0.15) is 51.7 Å². The van der Waals surface area contributed by atoms with E-state index in [1.165, 1.54) is 5.56 Å². The van der Waals surface area contributed by atoms with Crippen LogP contribution in [-0.4, -0.2) is 51.1 Å². The van der Waals surface area contributed by atoms with Gasteiger partial charge in [-0.05, 0) is 44.7 Å². The van der Waals surface area contributed by atoms with E-state index in [0.717, 1.165) is 56.4 Å². The van der Waals surface area contributed by atoms with Crippen LogP contribution in [-0.2, 0) is 16.0 Å². The zero-order valence-electron chi connectivity index (χ0n) is 18.8. The van der Waals surface area contributed by atoms with Crippen LogP contribution in [0.5, 0.6) is 5.75 Å². The summed E-state index contributed by atoms with van der Waals surface area (Å²) < 4.78 is 17.5. The summed E-state index contributed by atoms with van der Waals surface area (Å²) >= 11 is 0. The summed E-state index contributed by atoms with van der Waals surface area (Å²) in [5.41, 5.74) is 2.28. The van der Waals surface area contributed by atoms with Gasteiger partial charge in [0.05, 0.1) is 25.9 Å². The van der Waals surface area contributed by atoms with Crippen molar-refractivity contribution >= 4 is 5.96 Å². The lowest BCUT2D eigenvalue weighted by Crippen LogP contribution is -2.39. The Morgan fingerprint density at radius 3 is 2.76 bits per heavy atom. The number of nitrogens with zero attached hydrogens (tertiary/aromatic N) is 1. The standard InChI is InChI=1S/C23H39N3O3/c1-6-24-23(25-12-10-21(17(3)4)28-7-2)26-15-19-9-8-18(5)14-22(19)29-20-11-13-27-16-20/h8-9,14,17,20-21H,6-7,10-13,15-16H2,1-5H3,(H2,24,25,26). The molecule has 164 valence electrons. The van der Waals surface area contributed by atoms with E-state index in [-0.39, 0.29) is 12.2 Å². The molecule has 1 aromatic carbocycles. The third kappa shape index (κ3) is 8.23. The number of guanidine groups is 1. The molecule has 0 aliphatic carbocycles. The number of hydrogen-bond acceptors (Lipinski definition) is 4. The summed E-state index contributed by atoms with van der Waals surface area (Å²) in [4.78, 5) is 4.78. The Kier molecular flexibility index (Phi) is 10.3. The zero-order chi connectivity index (χ0) is 21.1. The monoisotopic (exact) mass is 405 g/mol. The molecular weight excluding hydrogens is 366 g/mol. The molecule has 2 N–H and O–H groups in total. The van der Waals surface area contributed by atoms with Crippen LogP contribution in [0.3, 0.4) is 0 Å². The van der Waals surface area contributed by atoms with E-state index in [1.54, 1.807) is 0 Å². The molecule has 1 aromatic rings. The predicted octanol–water partition coefficient (Wildman–Crippen LogP) is 3.67. The van der Waals surface area contributed by atoms with E-state index < -0.39 is 0 Å². The van der Waals surface area contributed by atoms with Crippen molar-refractivity contribution in [3.8, 4) is 5.75 Å². The molecule has 1 aliphatic heterocycles. The molecule has 6 nitrogen and oxygen atoms in total. The number of nitrogens with one attached hydrogen (secondary N) is 2. The summed E-state index contributed by atoms with van der Waals surface area (Å²) in [6.45, 7) is 15.0. The molecule has 0 amide bonds. The first-order valence-corrected chi connectivity index (χ1v) is 11.0. The van der Waals surface area contributed by atoms with Crippen LogP contribution in [0.15, 0.2) is 23.2 Å². The molecule has 0 saturated carbocycles. The van der Waals surface area contributed by atoms with Crippen LogP contribution in [0.4, 0.5) is 0 Å². The van der Waals surface area contributed by atoms with Crippen LogP contribution < -0.4 is 15.4 Å². The van der Waals surface area contributed by atoms with E-state index in [9.17, 15) is 0 Å². The fourth-order valence-corrected chi connectivity index (χ4v) is 3.35. The second kappa shape index (κ2) is 12.7. The SMILES string of the molecule is CCNC(=NCc1ccc(C)cc1OC1CCOC1)NCCC(OCC)C(C)C. The lowest BCUT2D eigenvalue weighted by atomic mass is 10.0. The van der Waals surface area contributed by atoms with Gasteiger partial charge in [0.25, 0.3) is 0 Å². The van der Waals surface area contributed by atoms with Crippen LogP contribution >= 0.6 is 0 Å². The third-order valence-electron chi connectivity index (χ3n) is 5.00. The minimum Gasteiger partial charge on any atom is -0.488 e. The third-order valence-corrected chi connectivity index (χ3v) is 5.00. The Morgan fingerprint density at radius 2 is 2.10 bits per heavy atom. The van der Waals surface area contributed by atoms with Crippen molar-refractivity contribution in [3.63, 3.8) is 0 Å². The lowest BCUT2D eigenvalue weighted by Gasteiger charge is -2.21. The van der Waals surface area contributed by atoms with E-state index in [1.807, 2.05) is 6.92 Å². The van der Waals surface area contributed by atoms with Crippen LogP contribution in [0, 0.1) is 12.8 Å². The molecule has 2 unspecified atom stereocenters. The van der Waals surface area contributed by atoms with Gasteiger partial charge in [0.1, 0.15) is 11.9 Å². The van der Waals surface area contributed by atoms with Crippen molar-refractivity contribution in [2.45, 2.75) is 66.2 Å². The Bertz CT molecular complexity index is 628. The quantitative estimate of drug-likeness (QED) is 0.434. The molecule has 2 rings (SSSR count). The average Bonchev–Trinajstić information content (AvgIpc) is 3.19. The second-order valence-electron chi connectivity index (χ2n) is 7.86. The van der Waals surface area contributed by atoms with Gasteiger partial charge in [-0.15, -0.1) is 0 Å². The first-order chi connectivity index (χ1) is 14.0. The highest BCUT2D eigenvalue weighted by molar-refractivity contribution is 5.79. The van der Waals surface area contributed by atoms with E-state index in [2.05, 4.69) is 56.5 Å². The van der Waals surface area contributed by atoms with Gasteiger partial charge in [-0.2, -0.15) is 0 Å². The van der Waals surface area contributed by atoms with Crippen molar-refractivity contribution in [2.75, 3.05) is 32.9 Å². The highest BCUT2D eigenvalue weighted by Gasteiger charge is 2.19. The molecule has 6 heteroatoms. The highest BCUT2D eigenvalue weighted by Crippen LogP contribution is 2.24. The minimum atomic E-state index is 0.137. The van der Waals surface area contributed by atoms with Gasteiger partial charge in [0.15, 0.2) is 5.96 Å². The van der Waals surface area contributed by atoms with E-state index >= 15 is 0 Å². The number of hydrogen-bond donors (Lipinski definition) is 2. The van der Waals surface area contributed by atoms with Crippen molar-refractivity contribution < 1.29 is 14.2 Å². The molecule has 0 radical (unpaired) electrons. The fraction of sp³-hybridized carbons (Fsp3) is 0.696. The summed E-state index contributed by atoms with van der Waals surface area (Å²) in [7, 11) is 0. The van der Waals surface area contributed by atoms with Gasteiger partial charge in [0, 0.05) is 31.7 Å². The molecule has 2 atom stereocenters. The Balaban J connectivity index is 1.98. The van der Waals surface area contributed by atoms with Gasteiger partial charge in [-0.3, -0.25) is 0 Å². The molecular formula is C23H39N3O3. The molecule has 0 bridgehead atoms. The largest absolute Gasteiger partial charge is 0.488 e. The minimum absolute atomic E-state index is 0.137. The van der Waals surface area contributed by atoms with Crippen molar-refractivity contribution in [3.05, 3.63) is 29.3 Å². The summed E-state index contributed by atoms with van der Waals surface area (Å²) in [5, 5.41) is 6.77. The van der Waals surface area contributed by atoms with Crippen LogP contribution in [0.25, 0.3) is 0 Å². The average molecular weight is 406 g/mol. The zero-order valence-corrected chi connectivity index (χ0v) is 18.8. The van der Waals surface area contributed by atoms with Crippen molar-refractivity contribution in [1.29, 1.82) is 0 Å². The Labute approximate surface area is 176 Å². The van der Waals surface area contributed by atoms with Crippen molar-refractivity contribution in [2.24, 2.45) is 10.9 Å². The molecule has 1 aliphatic rings. The lowest BCUT2D eigenvalue weighted by molar-refractivity contribution is 0.0258. The summed E-state index contributed by atoms with van der Waals surface area (Å²) in [6.07, 6.45) is 2.30. The molecule has 0 aromatic heterocycles. The highest BCUT2D eigenvalue weighted by atomic mass is 16.5. The normalized spacial score (nSPS) is 18.1. The molecule has 29 heavy (non-hydrogen) atoms. The smallest absolute Gasteiger partial charge is 0.191 e. The first kappa shape index (κ1) is 23.5. The molecule has 1 heterocycles. The Morgan fingerprint density at radius 1 is 1.28 bits per heavy atom. The number of ether oxygens (including phenoxy) is 3. The Hall–Kier alpha value is -1.79. The maximum absolute atomic E-state index is 6.19. The van der Waals surface area contributed by atoms with Gasteiger partial charge < -0.3 is 24.8 Å².